The number of aromatic amines is 1. The number of H-pyrrole nitrogens is 1. The fourth-order valence-electron chi connectivity index (χ4n) is 3.23. The first-order chi connectivity index (χ1) is 12.5. The number of aryl methyl sites for hydroxylation is 2. The van der Waals surface area contributed by atoms with Crippen LogP contribution >= 0.6 is 11.3 Å². The number of hydrogen-bond donors (Lipinski definition) is 1. The van der Waals surface area contributed by atoms with E-state index in [4.69, 9.17) is 9.47 Å². The summed E-state index contributed by atoms with van der Waals surface area (Å²) in [6.07, 6.45) is 1.39. The molecule has 3 heterocycles. The number of pyridine rings is 1. The lowest BCUT2D eigenvalue weighted by Gasteiger charge is -2.11. The molecule has 134 valence electrons. The molecule has 4 aromatic rings. The number of aromatic nitrogens is 3. The molecular formula is C19H19N3O3S. The Morgan fingerprint density at radius 2 is 2.08 bits per heavy atom. The van der Waals surface area contributed by atoms with Crippen LogP contribution in [0.1, 0.15) is 31.3 Å². The van der Waals surface area contributed by atoms with E-state index in [-0.39, 0.29) is 6.10 Å². The quantitative estimate of drug-likeness (QED) is 0.507. The third-order valence-corrected chi connectivity index (χ3v) is 5.19. The van der Waals surface area contributed by atoms with Crippen LogP contribution in [-0.2, 0) is 11.2 Å². The second kappa shape index (κ2) is 6.25. The van der Waals surface area contributed by atoms with Gasteiger partial charge in [-0.3, -0.25) is 0 Å². The van der Waals surface area contributed by atoms with Crippen molar-refractivity contribution in [3.63, 3.8) is 0 Å². The molecule has 0 atom stereocenters. The van der Waals surface area contributed by atoms with Gasteiger partial charge in [0.2, 0.25) is 5.88 Å². The Labute approximate surface area is 154 Å². The molecule has 3 aromatic heterocycles. The Morgan fingerprint density at radius 1 is 1.27 bits per heavy atom. The van der Waals surface area contributed by atoms with Gasteiger partial charge in [-0.2, -0.15) is 0 Å². The summed E-state index contributed by atoms with van der Waals surface area (Å²) in [4.78, 5) is 24.3. The van der Waals surface area contributed by atoms with Crippen LogP contribution in [0.4, 0.5) is 4.79 Å². The smallest absolute Gasteiger partial charge is 0.431 e. The van der Waals surface area contributed by atoms with Crippen molar-refractivity contribution in [3.05, 3.63) is 28.9 Å². The first-order valence-electron chi connectivity index (χ1n) is 8.55. The summed E-state index contributed by atoms with van der Waals surface area (Å²) in [6, 6.07) is 4.05. The predicted molar refractivity (Wildman–Crippen MR) is 103 cm³/mol. The molecule has 1 N–H and O–H groups in total. The molecule has 0 unspecified atom stereocenters. The molecule has 7 heteroatoms. The second-order valence-corrected chi connectivity index (χ2v) is 7.60. The maximum Gasteiger partial charge on any atom is 0.515 e. The fraction of sp³-hybridized carbons (Fsp3) is 0.316. The molecule has 4 rings (SSSR count). The van der Waals surface area contributed by atoms with Gasteiger partial charge in [-0.05, 0) is 39.3 Å². The van der Waals surface area contributed by atoms with Crippen LogP contribution in [0, 0.1) is 6.92 Å². The van der Waals surface area contributed by atoms with Crippen molar-refractivity contribution in [2.75, 3.05) is 0 Å². The summed E-state index contributed by atoms with van der Waals surface area (Å²) in [5.41, 5.74) is 3.80. The molecule has 0 aliphatic carbocycles. The van der Waals surface area contributed by atoms with E-state index in [1.165, 1.54) is 0 Å². The minimum absolute atomic E-state index is 0.246. The van der Waals surface area contributed by atoms with Crippen LogP contribution in [0.2, 0.25) is 0 Å². The van der Waals surface area contributed by atoms with E-state index < -0.39 is 6.16 Å². The maximum absolute atomic E-state index is 11.9. The molecule has 0 saturated carbocycles. The molecule has 26 heavy (non-hydrogen) atoms. The molecule has 0 bridgehead atoms. The van der Waals surface area contributed by atoms with Crippen molar-refractivity contribution >= 4 is 49.5 Å². The van der Waals surface area contributed by atoms with Crippen LogP contribution in [0.3, 0.4) is 0 Å². The molecule has 0 spiro atoms. The van der Waals surface area contributed by atoms with Crippen LogP contribution in [0.25, 0.3) is 32.0 Å². The van der Waals surface area contributed by atoms with E-state index >= 15 is 0 Å². The summed E-state index contributed by atoms with van der Waals surface area (Å²) in [7, 11) is 0. The number of carbonyl (C=O) groups excluding carboxylic acids is 1. The van der Waals surface area contributed by atoms with Crippen LogP contribution in [-0.4, -0.2) is 27.2 Å². The molecule has 0 saturated heterocycles. The molecule has 6 nitrogen and oxygen atoms in total. The molecule has 0 aliphatic heterocycles. The number of fused-ring (bicyclic) bond motifs is 5. The Hall–Kier alpha value is -2.67. The zero-order valence-electron chi connectivity index (χ0n) is 15.0. The van der Waals surface area contributed by atoms with Crippen molar-refractivity contribution in [2.45, 2.75) is 40.2 Å². The third-order valence-electron chi connectivity index (χ3n) is 4.19. The van der Waals surface area contributed by atoms with Crippen molar-refractivity contribution < 1.29 is 14.3 Å². The van der Waals surface area contributed by atoms with Gasteiger partial charge in [-0.1, -0.05) is 6.92 Å². The Morgan fingerprint density at radius 3 is 2.81 bits per heavy atom. The Bertz CT molecular complexity index is 1140. The van der Waals surface area contributed by atoms with Gasteiger partial charge in [0, 0.05) is 21.9 Å². The van der Waals surface area contributed by atoms with Crippen LogP contribution in [0.15, 0.2) is 18.3 Å². The number of hydrogen-bond acceptors (Lipinski definition) is 6. The number of carbonyl (C=O) groups is 1. The van der Waals surface area contributed by atoms with E-state index in [9.17, 15) is 4.79 Å². The predicted octanol–water partition coefficient (Wildman–Crippen LogP) is 5.12. The van der Waals surface area contributed by atoms with Crippen LogP contribution in [0.5, 0.6) is 5.88 Å². The van der Waals surface area contributed by atoms with E-state index in [0.29, 0.717) is 12.3 Å². The largest absolute Gasteiger partial charge is 0.515 e. The molecular weight excluding hydrogens is 350 g/mol. The monoisotopic (exact) mass is 369 g/mol. The zero-order valence-corrected chi connectivity index (χ0v) is 15.9. The van der Waals surface area contributed by atoms with E-state index in [1.807, 2.05) is 26.0 Å². The maximum atomic E-state index is 11.9. The summed E-state index contributed by atoms with van der Waals surface area (Å²) in [5.74, 6) is 0.296. The molecule has 0 radical (unpaired) electrons. The van der Waals surface area contributed by atoms with Crippen LogP contribution < -0.4 is 4.74 Å². The van der Waals surface area contributed by atoms with Crippen molar-refractivity contribution in [1.29, 1.82) is 0 Å². The van der Waals surface area contributed by atoms with Crippen molar-refractivity contribution in [1.82, 2.24) is 15.0 Å². The third kappa shape index (κ3) is 2.68. The van der Waals surface area contributed by atoms with E-state index in [1.54, 1.807) is 31.4 Å². The SMILES string of the molecule is CCc1c(OC(=O)OC(C)C)ncc2[nH]c3ccc4nc(C)sc4c3c12. The minimum atomic E-state index is -0.736. The van der Waals surface area contributed by atoms with Gasteiger partial charge in [0.1, 0.15) is 0 Å². The number of ether oxygens (including phenoxy) is 2. The molecule has 0 fully saturated rings. The van der Waals surface area contributed by atoms with E-state index in [0.717, 1.165) is 42.6 Å². The molecule has 1 aromatic carbocycles. The average molecular weight is 369 g/mol. The lowest BCUT2D eigenvalue weighted by atomic mass is 10.1. The van der Waals surface area contributed by atoms with Gasteiger partial charge < -0.3 is 14.5 Å². The van der Waals surface area contributed by atoms with Gasteiger partial charge in [0.05, 0.1) is 33.0 Å². The number of thiazole rings is 1. The summed E-state index contributed by atoms with van der Waals surface area (Å²) >= 11 is 1.66. The minimum Gasteiger partial charge on any atom is -0.431 e. The standard InChI is InChI=1S/C19H19N3O3S/c1-5-11-15-14(8-20-18(11)25-19(23)24-9(2)3)22-12-6-7-13-17(16(12)15)26-10(4)21-13/h6-9,22H,5H2,1-4H3. The van der Waals surface area contributed by atoms with Gasteiger partial charge in [0.15, 0.2) is 0 Å². The zero-order chi connectivity index (χ0) is 18.4. The lowest BCUT2D eigenvalue weighted by Crippen LogP contribution is -2.17. The number of nitrogens with one attached hydrogen (secondary N) is 1. The number of rotatable bonds is 3. The normalized spacial score (nSPS) is 11.7. The summed E-state index contributed by atoms with van der Waals surface area (Å²) in [6.45, 7) is 7.58. The van der Waals surface area contributed by atoms with Crippen molar-refractivity contribution in [3.8, 4) is 5.88 Å². The van der Waals surface area contributed by atoms with Gasteiger partial charge in [-0.15, -0.1) is 11.3 Å². The average Bonchev–Trinajstić information content (AvgIpc) is 3.12. The highest BCUT2D eigenvalue weighted by molar-refractivity contribution is 7.19. The first kappa shape index (κ1) is 16.8. The highest BCUT2D eigenvalue weighted by Crippen LogP contribution is 2.39. The van der Waals surface area contributed by atoms with Gasteiger partial charge in [0.25, 0.3) is 0 Å². The second-order valence-electron chi connectivity index (χ2n) is 6.40. The summed E-state index contributed by atoms with van der Waals surface area (Å²) < 4.78 is 11.6. The highest BCUT2D eigenvalue weighted by Gasteiger charge is 2.20. The number of benzene rings is 1. The Kier molecular flexibility index (Phi) is 4.03. The first-order valence-corrected chi connectivity index (χ1v) is 9.37. The van der Waals surface area contributed by atoms with Gasteiger partial charge >= 0.3 is 6.16 Å². The van der Waals surface area contributed by atoms with Crippen molar-refractivity contribution in [2.24, 2.45) is 0 Å². The fourth-order valence-corrected chi connectivity index (χ4v) is 4.20. The molecule has 0 aliphatic rings. The topological polar surface area (TPSA) is 77.1 Å². The molecule has 0 amide bonds. The highest BCUT2D eigenvalue weighted by atomic mass is 32.1. The summed E-state index contributed by atoms with van der Waals surface area (Å²) in [5, 5.41) is 3.15. The number of nitrogens with zero attached hydrogens (tertiary/aromatic N) is 2. The van der Waals surface area contributed by atoms with E-state index in [2.05, 4.69) is 15.0 Å². The lowest BCUT2D eigenvalue weighted by molar-refractivity contribution is 0.0713. The Balaban J connectivity index is 1.97. The van der Waals surface area contributed by atoms with Gasteiger partial charge in [-0.25, -0.2) is 14.8 Å².